The maximum Gasteiger partial charge on any atom is 0.300 e. The first-order valence-corrected chi connectivity index (χ1v) is 9.55. The molecule has 1 amide bonds. The Hall–Kier alpha value is -3.51. The van der Waals surface area contributed by atoms with E-state index in [0.29, 0.717) is 33.3 Å². The summed E-state index contributed by atoms with van der Waals surface area (Å²) in [7, 11) is 1.50. The van der Waals surface area contributed by atoms with Crippen LogP contribution in [-0.2, 0) is 9.59 Å². The Balaban J connectivity index is 1.95. The van der Waals surface area contributed by atoms with Gasteiger partial charge >= 0.3 is 0 Å². The molecule has 2 aromatic carbocycles. The van der Waals surface area contributed by atoms with Crippen LogP contribution in [0, 0.1) is 6.92 Å². The van der Waals surface area contributed by atoms with Crippen molar-refractivity contribution in [1.29, 1.82) is 0 Å². The summed E-state index contributed by atoms with van der Waals surface area (Å²) in [5.74, 6) is -1.04. The van der Waals surface area contributed by atoms with Crippen molar-refractivity contribution in [3.05, 3.63) is 88.3 Å². The molecule has 0 aliphatic carbocycles. The quantitative estimate of drug-likeness (QED) is 0.367. The molecule has 0 bridgehead atoms. The first-order chi connectivity index (χ1) is 14.4. The van der Waals surface area contributed by atoms with E-state index in [9.17, 15) is 14.7 Å². The fraction of sp³-hybridized carbons (Fsp3) is 0.130. The summed E-state index contributed by atoms with van der Waals surface area (Å²) in [6, 6.07) is 14.1. The molecule has 0 radical (unpaired) electrons. The number of ketones is 1. The molecule has 1 atom stereocenters. The van der Waals surface area contributed by atoms with Crippen LogP contribution in [0.3, 0.4) is 0 Å². The Labute approximate surface area is 177 Å². The van der Waals surface area contributed by atoms with Crippen LogP contribution in [-0.4, -0.2) is 23.9 Å². The minimum absolute atomic E-state index is 0.0671. The van der Waals surface area contributed by atoms with Gasteiger partial charge in [0, 0.05) is 16.3 Å². The third kappa shape index (κ3) is 3.15. The number of nitrogens with zero attached hydrogens (tertiary/aromatic N) is 1. The van der Waals surface area contributed by atoms with Crippen LogP contribution >= 0.6 is 11.6 Å². The van der Waals surface area contributed by atoms with Gasteiger partial charge in [-0.2, -0.15) is 0 Å². The monoisotopic (exact) mass is 423 g/mol. The number of carbonyl (C=O) groups excluding carboxylic acids is 2. The van der Waals surface area contributed by atoms with Gasteiger partial charge in [-0.15, -0.1) is 0 Å². The zero-order valence-corrected chi connectivity index (χ0v) is 17.0. The summed E-state index contributed by atoms with van der Waals surface area (Å²) < 4.78 is 10.8. The van der Waals surface area contributed by atoms with Crippen molar-refractivity contribution < 1.29 is 23.8 Å². The highest BCUT2D eigenvalue weighted by atomic mass is 35.5. The van der Waals surface area contributed by atoms with Gasteiger partial charge in [-0.05, 0) is 48.9 Å². The van der Waals surface area contributed by atoms with Crippen LogP contribution in [0.2, 0.25) is 5.02 Å². The van der Waals surface area contributed by atoms with Gasteiger partial charge in [0.25, 0.3) is 11.7 Å². The third-order valence-electron chi connectivity index (χ3n) is 5.10. The van der Waals surface area contributed by atoms with Crippen LogP contribution in [0.15, 0.2) is 70.9 Å². The molecule has 30 heavy (non-hydrogen) atoms. The Morgan fingerprint density at radius 2 is 1.90 bits per heavy atom. The van der Waals surface area contributed by atoms with E-state index in [2.05, 4.69) is 0 Å². The Morgan fingerprint density at radius 1 is 1.13 bits per heavy atom. The number of ether oxygens (including phenoxy) is 1. The molecule has 152 valence electrons. The second-order valence-electron chi connectivity index (χ2n) is 6.80. The van der Waals surface area contributed by atoms with E-state index in [-0.39, 0.29) is 11.3 Å². The minimum Gasteiger partial charge on any atom is -0.507 e. The molecule has 1 fully saturated rings. The molecule has 1 aliphatic rings. The van der Waals surface area contributed by atoms with Crippen LogP contribution in [0.25, 0.3) is 5.76 Å². The van der Waals surface area contributed by atoms with E-state index < -0.39 is 17.7 Å². The third-order valence-corrected chi connectivity index (χ3v) is 5.51. The van der Waals surface area contributed by atoms with Gasteiger partial charge in [0.15, 0.2) is 0 Å². The van der Waals surface area contributed by atoms with Gasteiger partial charge in [-0.25, -0.2) is 0 Å². The molecule has 0 spiro atoms. The fourth-order valence-corrected chi connectivity index (χ4v) is 3.75. The number of hydrogen-bond acceptors (Lipinski definition) is 5. The number of Topliss-reactive ketones (excluding diaryl/α,β-unsaturated/α-hetero) is 1. The molecule has 1 saturated heterocycles. The number of aliphatic hydroxyl groups is 1. The van der Waals surface area contributed by atoms with Gasteiger partial charge in [-0.3, -0.25) is 14.5 Å². The number of methoxy groups -OCH3 is 1. The van der Waals surface area contributed by atoms with Crippen molar-refractivity contribution in [3.8, 4) is 5.75 Å². The zero-order chi connectivity index (χ0) is 21.4. The molecule has 1 unspecified atom stereocenters. The van der Waals surface area contributed by atoms with Gasteiger partial charge in [-0.1, -0.05) is 29.8 Å². The van der Waals surface area contributed by atoms with E-state index in [1.165, 1.54) is 18.3 Å². The van der Waals surface area contributed by atoms with Crippen molar-refractivity contribution in [2.45, 2.75) is 13.0 Å². The maximum atomic E-state index is 13.1. The lowest BCUT2D eigenvalue weighted by Crippen LogP contribution is -2.30. The number of rotatable bonds is 4. The molecular formula is C23H18ClNO5. The van der Waals surface area contributed by atoms with E-state index in [1.807, 2.05) is 0 Å². The van der Waals surface area contributed by atoms with E-state index in [1.54, 1.807) is 61.5 Å². The molecule has 0 saturated carbocycles. The highest BCUT2D eigenvalue weighted by Gasteiger charge is 2.48. The van der Waals surface area contributed by atoms with Gasteiger partial charge in [0.2, 0.25) is 0 Å². The largest absolute Gasteiger partial charge is 0.507 e. The maximum absolute atomic E-state index is 13.1. The van der Waals surface area contributed by atoms with Crippen LogP contribution in [0.1, 0.15) is 22.9 Å². The van der Waals surface area contributed by atoms with Crippen molar-refractivity contribution in [1.82, 2.24) is 0 Å². The SMILES string of the molecule is COc1cccc(/C(O)=C2/C(=O)C(=O)N(c3cccc(Cl)c3C)C2c2ccco2)c1. The smallest absolute Gasteiger partial charge is 0.300 e. The van der Waals surface area contributed by atoms with Crippen LogP contribution in [0.5, 0.6) is 5.75 Å². The number of amides is 1. The first-order valence-electron chi connectivity index (χ1n) is 9.18. The van der Waals surface area contributed by atoms with Crippen LogP contribution in [0.4, 0.5) is 5.69 Å². The predicted molar refractivity (Wildman–Crippen MR) is 113 cm³/mol. The molecule has 1 aromatic heterocycles. The molecule has 2 heterocycles. The average Bonchev–Trinajstić information content (AvgIpc) is 3.37. The number of aliphatic hydroxyl groups excluding tert-OH is 1. The zero-order valence-electron chi connectivity index (χ0n) is 16.3. The highest BCUT2D eigenvalue weighted by Crippen LogP contribution is 2.44. The molecule has 7 heteroatoms. The summed E-state index contributed by atoms with van der Waals surface area (Å²) in [5, 5.41) is 11.5. The summed E-state index contributed by atoms with van der Waals surface area (Å²) in [6.07, 6.45) is 1.45. The van der Waals surface area contributed by atoms with Crippen molar-refractivity contribution >= 4 is 34.7 Å². The van der Waals surface area contributed by atoms with Gasteiger partial charge < -0.3 is 14.3 Å². The molecule has 4 rings (SSSR count). The Bertz CT molecular complexity index is 1170. The van der Waals surface area contributed by atoms with Crippen molar-refractivity contribution in [2.24, 2.45) is 0 Å². The summed E-state index contributed by atoms with van der Waals surface area (Å²) >= 11 is 6.26. The predicted octanol–water partition coefficient (Wildman–Crippen LogP) is 4.88. The summed E-state index contributed by atoms with van der Waals surface area (Å²) in [4.78, 5) is 27.4. The van der Waals surface area contributed by atoms with E-state index in [0.717, 1.165) is 0 Å². The lowest BCUT2D eigenvalue weighted by Gasteiger charge is -2.25. The molecule has 1 N–H and O–H groups in total. The lowest BCUT2D eigenvalue weighted by molar-refractivity contribution is -0.132. The summed E-state index contributed by atoms with van der Waals surface area (Å²) in [5.41, 5.74) is 1.39. The molecular weight excluding hydrogens is 406 g/mol. The molecule has 3 aromatic rings. The second-order valence-corrected chi connectivity index (χ2v) is 7.21. The standard InChI is InChI=1S/C23H18ClNO5/c1-13-16(24)8-4-9-17(13)25-20(18-10-5-11-30-18)19(22(27)23(25)28)21(26)14-6-3-7-15(12-14)29-2/h3-12,20,26H,1-2H3/b21-19-. The van der Waals surface area contributed by atoms with E-state index in [4.69, 9.17) is 20.8 Å². The van der Waals surface area contributed by atoms with Crippen molar-refractivity contribution in [3.63, 3.8) is 0 Å². The van der Waals surface area contributed by atoms with Crippen LogP contribution < -0.4 is 9.64 Å². The average molecular weight is 424 g/mol. The summed E-state index contributed by atoms with van der Waals surface area (Å²) in [6.45, 7) is 1.76. The normalized spacial score (nSPS) is 18.1. The Kier molecular flexibility index (Phi) is 5.10. The Morgan fingerprint density at radius 3 is 2.60 bits per heavy atom. The number of carbonyl (C=O) groups is 2. The van der Waals surface area contributed by atoms with Crippen molar-refractivity contribution in [2.75, 3.05) is 12.0 Å². The van der Waals surface area contributed by atoms with Gasteiger partial charge in [0.1, 0.15) is 23.3 Å². The minimum atomic E-state index is -0.941. The number of halogens is 1. The van der Waals surface area contributed by atoms with Gasteiger partial charge in [0.05, 0.1) is 18.9 Å². The highest BCUT2D eigenvalue weighted by molar-refractivity contribution is 6.52. The number of anilines is 1. The molecule has 6 nitrogen and oxygen atoms in total. The fourth-order valence-electron chi connectivity index (χ4n) is 3.58. The van der Waals surface area contributed by atoms with E-state index >= 15 is 0 Å². The first kappa shape index (κ1) is 19.8. The second kappa shape index (κ2) is 7.72. The lowest BCUT2D eigenvalue weighted by atomic mass is 9.99. The number of benzene rings is 2. The topological polar surface area (TPSA) is 80.0 Å². The number of furan rings is 1. The molecule has 1 aliphatic heterocycles. The number of hydrogen-bond donors (Lipinski definition) is 1.